The molecule has 1 N–H and O–H groups in total. The van der Waals surface area contributed by atoms with Gasteiger partial charge in [-0.25, -0.2) is 4.98 Å². The molecule has 0 saturated carbocycles. The highest BCUT2D eigenvalue weighted by Crippen LogP contribution is 2.29. The largest absolute Gasteiger partial charge is 0.497 e. The van der Waals surface area contributed by atoms with Gasteiger partial charge in [-0.3, -0.25) is 0 Å². The lowest BCUT2D eigenvalue weighted by Gasteiger charge is -2.11. The van der Waals surface area contributed by atoms with E-state index >= 15 is 0 Å². The number of benzene rings is 1. The van der Waals surface area contributed by atoms with E-state index < -0.39 is 0 Å². The molecule has 96 valence electrons. The first kappa shape index (κ1) is 13.0. The third-order valence-electron chi connectivity index (χ3n) is 2.36. The van der Waals surface area contributed by atoms with Gasteiger partial charge < -0.3 is 14.8 Å². The summed E-state index contributed by atoms with van der Waals surface area (Å²) < 4.78 is 11.1. The lowest BCUT2D eigenvalue weighted by molar-refractivity contribution is 0.395. The third-order valence-corrected chi connectivity index (χ3v) is 3.48. The van der Waals surface area contributed by atoms with Crippen LogP contribution in [-0.2, 0) is 6.54 Å². The Kier molecular flexibility index (Phi) is 4.28. The lowest BCUT2D eigenvalue weighted by atomic mass is 10.2. The number of thiazole rings is 1. The van der Waals surface area contributed by atoms with Crippen LogP contribution >= 0.6 is 22.9 Å². The summed E-state index contributed by atoms with van der Waals surface area (Å²) in [4.78, 5) is 4.18. The molecule has 0 radical (unpaired) electrons. The molecule has 18 heavy (non-hydrogen) atoms. The Hall–Kier alpha value is -1.46. The van der Waals surface area contributed by atoms with E-state index in [-0.39, 0.29) is 0 Å². The van der Waals surface area contributed by atoms with E-state index in [1.54, 1.807) is 20.4 Å². The second kappa shape index (κ2) is 5.93. The van der Waals surface area contributed by atoms with Gasteiger partial charge >= 0.3 is 0 Å². The fourth-order valence-corrected chi connectivity index (χ4v) is 2.38. The maximum atomic E-state index is 5.83. The van der Waals surface area contributed by atoms with E-state index in [0.29, 0.717) is 10.9 Å². The Balaban J connectivity index is 2.08. The second-order valence-electron chi connectivity index (χ2n) is 3.48. The summed E-state index contributed by atoms with van der Waals surface area (Å²) >= 11 is 7.28. The number of rotatable bonds is 5. The van der Waals surface area contributed by atoms with E-state index in [2.05, 4.69) is 10.3 Å². The molecule has 1 heterocycles. The number of ether oxygens (including phenoxy) is 2. The van der Waals surface area contributed by atoms with Gasteiger partial charge in [-0.05, 0) is 12.1 Å². The van der Waals surface area contributed by atoms with Gasteiger partial charge in [0.05, 0.1) is 32.6 Å². The van der Waals surface area contributed by atoms with Crippen LogP contribution in [0.2, 0.25) is 4.34 Å². The van der Waals surface area contributed by atoms with Crippen LogP contribution in [0.5, 0.6) is 11.5 Å². The van der Waals surface area contributed by atoms with E-state index in [4.69, 9.17) is 21.1 Å². The smallest absolute Gasteiger partial charge is 0.145 e. The van der Waals surface area contributed by atoms with Crippen molar-refractivity contribution in [2.24, 2.45) is 0 Å². The quantitative estimate of drug-likeness (QED) is 0.913. The first-order valence-electron chi connectivity index (χ1n) is 5.29. The van der Waals surface area contributed by atoms with Crippen LogP contribution in [0.25, 0.3) is 0 Å². The van der Waals surface area contributed by atoms with Crippen molar-refractivity contribution in [1.82, 2.24) is 4.98 Å². The van der Waals surface area contributed by atoms with E-state index in [1.807, 2.05) is 18.2 Å². The Morgan fingerprint density at radius 1 is 1.33 bits per heavy atom. The average Bonchev–Trinajstić information content (AvgIpc) is 2.82. The maximum absolute atomic E-state index is 5.83. The molecule has 0 aliphatic carbocycles. The lowest BCUT2D eigenvalue weighted by Crippen LogP contribution is -2.01. The maximum Gasteiger partial charge on any atom is 0.145 e. The Bertz CT molecular complexity index is 531. The van der Waals surface area contributed by atoms with Gasteiger partial charge in [0, 0.05) is 6.07 Å². The minimum absolute atomic E-state index is 0.611. The molecular formula is C12H13ClN2O2S. The van der Waals surface area contributed by atoms with Gasteiger partial charge in [0.2, 0.25) is 0 Å². The minimum atomic E-state index is 0.611. The van der Waals surface area contributed by atoms with E-state index in [1.165, 1.54) is 11.3 Å². The van der Waals surface area contributed by atoms with Crippen LogP contribution in [0.1, 0.15) is 5.01 Å². The molecule has 1 aromatic heterocycles. The molecule has 1 aromatic carbocycles. The number of anilines is 1. The SMILES string of the molecule is COc1ccc(NCc2ncc(Cl)s2)c(OC)c1. The molecule has 0 bridgehead atoms. The number of nitrogens with one attached hydrogen (secondary N) is 1. The van der Waals surface area contributed by atoms with Crippen molar-refractivity contribution in [3.8, 4) is 11.5 Å². The molecule has 0 spiro atoms. The zero-order valence-corrected chi connectivity index (χ0v) is 11.6. The van der Waals surface area contributed by atoms with Gasteiger partial charge in [-0.1, -0.05) is 11.6 Å². The summed E-state index contributed by atoms with van der Waals surface area (Å²) in [5.74, 6) is 1.49. The Morgan fingerprint density at radius 3 is 2.78 bits per heavy atom. The molecule has 0 fully saturated rings. The Labute approximate surface area is 115 Å². The first-order chi connectivity index (χ1) is 8.72. The number of hydrogen-bond donors (Lipinski definition) is 1. The summed E-state index contributed by atoms with van der Waals surface area (Å²) in [6.07, 6.45) is 1.65. The zero-order valence-electron chi connectivity index (χ0n) is 10.1. The van der Waals surface area contributed by atoms with Crippen LogP contribution in [0.4, 0.5) is 5.69 Å². The van der Waals surface area contributed by atoms with Crippen LogP contribution in [0.15, 0.2) is 24.4 Å². The molecule has 0 atom stereocenters. The van der Waals surface area contributed by atoms with Crippen molar-refractivity contribution in [3.05, 3.63) is 33.7 Å². The molecule has 6 heteroatoms. The van der Waals surface area contributed by atoms with Gasteiger partial charge in [-0.2, -0.15) is 0 Å². The monoisotopic (exact) mass is 284 g/mol. The standard InChI is InChI=1S/C12H13ClN2O2S/c1-16-8-3-4-9(10(5-8)17-2)14-7-12-15-6-11(13)18-12/h3-6,14H,7H2,1-2H3. The summed E-state index contributed by atoms with van der Waals surface area (Å²) in [6, 6.07) is 5.61. The van der Waals surface area contributed by atoms with Gasteiger partial charge in [0.15, 0.2) is 0 Å². The topological polar surface area (TPSA) is 43.4 Å². The van der Waals surface area contributed by atoms with Crippen LogP contribution < -0.4 is 14.8 Å². The number of methoxy groups -OCH3 is 2. The highest BCUT2D eigenvalue weighted by atomic mass is 35.5. The van der Waals surface area contributed by atoms with Crippen molar-refractivity contribution in [2.75, 3.05) is 19.5 Å². The van der Waals surface area contributed by atoms with Gasteiger partial charge in [-0.15, -0.1) is 11.3 Å². The molecule has 2 aromatic rings. The highest BCUT2D eigenvalue weighted by Gasteiger charge is 2.06. The third kappa shape index (κ3) is 3.05. The molecule has 2 rings (SSSR count). The highest BCUT2D eigenvalue weighted by molar-refractivity contribution is 7.15. The molecule has 0 amide bonds. The van der Waals surface area contributed by atoms with Crippen LogP contribution in [0.3, 0.4) is 0 Å². The average molecular weight is 285 g/mol. The number of hydrogen-bond acceptors (Lipinski definition) is 5. The summed E-state index contributed by atoms with van der Waals surface area (Å²) in [6.45, 7) is 0.611. The van der Waals surface area contributed by atoms with Gasteiger partial charge in [0.1, 0.15) is 20.8 Å². The molecule has 0 aliphatic heterocycles. The van der Waals surface area contributed by atoms with Crippen LogP contribution in [-0.4, -0.2) is 19.2 Å². The number of nitrogens with zero attached hydrogens (tertiary/aromatic N) is 1. The predicted molar refractivity (Wildman–Crippen MR) is 74.0 cm³/mol. The molecule has 0 aliphatic rings. The molecule has 0 unspecified atom stereocenters. The summed E-state index contributed by atoms with van der Waals surface area (Å²) in [7, 11) is 3.25. The summed E-state index contributed by atoms with van der Waals surface area (Å²) in [5.41, 5.74) is 0.893. The van der Waals surface area contributed by atoms with Gasteiger partial charge in [0.25, 0.3) is 0 Å². The second-order valence-corrected chi connectivity index (χ2v) is 5.22. The normalized spacial score (nSPS) is 10.2. The van der Waals surface area contributed by atoms with Crippen LogP contribution in [0, 0.1) is 0 Å². The molecular weight excluding hydrogens is 272 g/mol. The van der Waals surface area contributed by atoms with Crippen molar-refractivity contribution >= 4 is 28.6 Å². The van der Waals surface area contributed by atoms with Crippen molar-refractivity contribution < 1.29 is 9.47 Å². The fraction of sp³-hybridized carbons (Fsp3) is 0.250. The number of halogens is 1. The zero-order chi connectivity index (χ0) is 13.0. The summed E-state index contributed by atoms with van der Waals surface area (Å²) in [5, 5.41) is 4.18. The van der Waals surface area contributed by atoms with Crippen molar-refractivity contribution in [2.45, 2.75) is 6.54 Å². The van der Waals surface area contributed by atoms with E-state index in [9.17, 15) is 0 Å². The molecule has 0 saturated heterocycles. The fourth-order valence-electron chi connectivity index (χ4n) is 1.49. The van der Waals surface area contributed by atoms with Crippen molar-refractivity contribution in [1.29, 1.82) is 0 Å². The van der Waals surface area contributed by atoms with E-state index in [0.717, 1.165) is 22.2 Å². The van der Waals surface area contributed by atoms with Crippen molar-refractivity contribution in [3.63, 3.8) is 0 Å². The Morgan fingerprint density at radius 2 is 2.17 bits per heavy atom. The predicted octanol–water partition coefficient (Wildman–Crippen LogP) is 3.43. The molecule has 4 nitrogen and oxygen atoms in total. The first-order valence-corrected chi connectivity index (χ1v) is 6.48. The minimum Gasteiger partial charge on any atom is -0.497 e. The number of aromatic nitrogens is 1.